The van der Waals surface area contributed by atoms with Crippen LogP contribution >= 0.6 is 11.6 Å². The molecule has 0 radical (unpaired) electrons. The van der Waals surface area contributed by atoms with E-state index in [1.165, 1.54) is 0 Å². The summed E-state index contributed by atoms with van der Waals surface area (Å²) >= 11 is 6.05. The molecule has 1 aromatic carbocycles. The third-order valence-electron chi connectivity index (χ3n) is 4.58. The van der Waals surface area contributed by atoms with Crippen LogP contribution in [0.4, 0.5) is 0 Å². The van der Waals surface area contributed by atoms with Gasteiger partial charge in [0.1, 0.15) is 0 Å². The molecule has 1 fully saturated rings. The van der Waals surface area contributed by atoms with Crippen molar-refractivity contribution in [1.82, 2.24) is 15.3 Å². The minimum Gasteiger partial charge on any atom is -0.338 e. The van der Waals surface area contributed by atoms with E-state index in [1.54, 1.807) is 0 Å². The maximum Gasteiger partial charge on any atom is 0.225 e. The van der Waals surface area contributed by atoms with E-state index in [4.69, 9.17) is 17.3 Å². The van der Waals surface area contributed by atoms with Gasteiger partial charge in [-0.05, 0) is 55.5 Å². The molecule has 23 heavy (non-hydrogen) atoms. The molecule has 0 saturated carbocycles. The first kappa shape index (κ1) is 18.2. The molecule has 5 nitrogen and oxygen atoms in total. The molecule has 1 aliphatic heterocycles. The van der Waals surface area contributed by atoms with E-state index < -0.39 is 5.66 Å². The Labute approximate surface area is 143 Å². The van der Waals surface area contributed by atoms with Crippen LogP contribution in [0.3, 0.4) is 0 Å². The lowest BCUT2D eigenvalue weighted by Crippen LogP contribution is -2.62. The number of halogens is 1. The lowest BCUT2D eigenvalue weighted by Gasteiger charge is -2.41. The van der Waals surface area contributed by atoms with Gasteiger partial charge in [-0.3, -0.25) is 4.79 Å². The Bertz CT molecular complexity index is 557. The molecule has 1 aliphatic rings. The van der Waals surface area contributed by atoms with Gasteiger partial charge < -0.3 is 11.1 Å². The van der Waals surface area contributed by atoms with Gasteiger partial charge in [0, 0.05) is 32.2 Å². The summed E-state index contributed by atoms with van der Waals surface area (Å²) < 4.78 is 0. The summed E-state index contributed by atoms with van der Waals surface area (Å²) in [6, 6.07) is 3.79. The first-order valence-electron chi connectivity index (χ1n) is 7.98. The van der Waals surface area contributed by atoms with Gasteiger partial charge in [0.15, 0.2) is 0 Å². The zero-order valence-electron chi connectivity index (χ0n) is 14.4. The van der Waals surface area contributed by atoms with Crippen LogP contribution in [-0.2, 0) is 11.2 Å². The number of rotatable bonds is 4. The number of piperidine rings is 1. The smallest absolute Gasteiger partial charge is 0.225 e. The number of amides is 1. The van der Waals surface area contributed by atoms with Crippen LogP contribution in [0, 0.1) is 13.8 Å². The number of aryl methyl sites for hydroxylation is 2. The van der Waals surface area contributed by atoms with E-state index >= 15 is 0 Å². The van der Waals surface area contributed by atoms with Crippen molar-refractivity contribution >= 4 is 17.5 Å². The summed E-state index contributed by atoms with van der Waals surface area (Å²) in [5.74, 6) is -0.0284. The molecule has 1 heterocycles. The predicted octanol–water partition coefficient (Wildman–Crippen LogP) is 1.84. The van der Waals surface area contributed by atoms with Gasteiger partial charge in [-0.15, -0.1) is 0 Å². The van der Waals surface area contributed by atoms with Crippen LogP contribution in [0.25, 0.3) is 0 Å². The summed E-state index contributed by atoms with van der Waals surface area (Å²) in [4.78, 5) is 12.4. The van der Waals surface area contributed by atoms with E-state index in [2.05, 4.69) is 15.3 Å². The first-order valence-corrected chi connectivity index (χ1v) is 8.36. The number of carbonyl (C=O) groups is 1. The van der Waals surface area contributed by atoms with E-state index in [0.29, 0.717) is 11.4 Å². The highest BCUT2D eigenvalue weighted by Gasteiger charge is 2.32. The van der Waals surface area contributed by atoms with Crippen molar-refractivity contribution in [2.45, 2.75) is 38.8 Å². The molecular formula is C17H27ClN4O. The number of nitrogens with one attached hydrogen (secondary N) is 1. The average molecular weight is 339 g/mol. The van der Waals surface area contributed by atoms with Crippen molar-refractivity contribution in [2.24, 2.45) is 5.73 Å². The van der Waals surface area contributed by atoms with E-state index in [9.17, 15) is 4.79 Å². The predicted molar refractivity (Wildman–Crippen MR) is 94.2 cm³/mol. The quantitative estimate of drug-likeness (QED) is 0.822. The third kappa shape index (κ3) is 4.67. The van der Waals surface area contributed by atoms with Crippen LogP contribution in [0.15, 0.2) is 12.1 Å². The summed E-state index contributed by atoms with van der Waals surface area (Å²) in [5.41, 5.74) is 8.87. The van der Waals surface area contributed by atoms with Crippen LogP contribution in [-0.4, -0.2) is 48.8 Å². The van der Waals surface area contributed by atoms with Crippen molar-refractivity contribution in [3.63, 3.8) is 0 Å². The fourth-order valence-electron chi connectivity index (χ4n) is 3.12. The van der Waals surface area contributed by atoms with Gasteiger partial charge in [0.05, 0.1) is 12.1 Å². The van der Waals surface area contributed by atoms with Gasteiger partial charge in [0.2, 0.25) is 5.91 Å². The normalized spacial score (nSPS) is 18.2. The molecule has 0 atom stereocenters. The number of hydrogen-bond donors (Lipinski definition) is 2. The molecule has 0 aromatic heterocycles. The topological polar surface area (TPSA) is 61.6 Å². The van der Waals surface area contributed by atoms with Gasteiger partial charge in [0.25, 0.3) is 0 Å². The first-order chi connectivity index (χ1) is 10.7. The van der Waals surface area contributed by atoms with Crippen molar-refractivity contribution < 1.29 is 4.79 Å². The SMILES string of the molecule is Cc1cc(Cl)cc(C)c1CC(=O)NC1(N)CCN(N(C)C)CC1. The highest BCUT2D eigenvalue weighted by atomic mass is 35.5. The zero-order valence-corrected chi connectivity index (χ0v) is 15.2. The van der Waals surface area contributed by atoms with E-state index in [1.807, 2.05) is 40.1 Å². The molecule has 0 spiro atoms. The Kier molecular flexibility index (Phi) is 5.68. The van der Waals surface area contributed by atoms with Crippen molar-refractivity contribution in [1.29, 1.82) is 0 Å². The van der Waals surface area contributed by atoms with E-state index in [0.717, 1.165) is 42.6 Å². The van der Waals surface area contributed by atoms with Crippen LogP contribution in [0.5, 0.6) is 0 Å². The lowest BCUT2D eigenvalue weighted by atomic mass is 9.96. The molecule has 6 heteroatoms. The second-order valence-corrected chi connectivity index (χ2v) is 7.14. The Morgan fingerprint density at radius 2 is 1.83 bits per heavy atom. The van der Waals surface area contributed by atoms with E-state index in [-0.39, 0.29) is 5.91 Å². The molecular weight excluding hydrogens is 312 g/mol. The largest absolute Gasteiger partial charge is 0.338 e. The summed E-state index contributed by atoms with van der Waals surface area (Å²) in [7, 11) is 4.04. The lowest BCUT2D eigenvalue weighted by molar-refractivity contribution is -0.123. The summed E-state index contributed by atoms with van der Waals surface area (Å²) in [6.45, 7) is 5.66. The maximum absolute atomic E-state index is 12.4. The molecule has 1 amide bonds. The van der Waals surface area contributed by atoms with Crippen LogP contribution in [0.2, 0.25) is 5.02 Å². The number of hydrogen-bond acceptors (Lipinski definition) is 4. The molecule has 128 valence electrons. The standard InChI is InChI=1S/C17H27ClN4O/c1-12-9-14(18)10-13(2)15(12)11-16(23)20-17(19)5-7-22(8-6-17)21(3)4/h9-10H,5-8,11,19H2,1-4H3,(H,20,23). The number of carbonyl (C=O) groups excluding carboxylic acids is 1. The van der Waals surface area contributed by atoms with Crippen molar-refractivity contribution in [3.05, 3.63) is 33.8 Å². The summed E-state index contributed by atoms with van der Waals surface area (Å²) in [6.07, 6.45) is 1.83. The molecule has 2 rings (SSSR count). The highest BCUT2D eigenvalue weighted by molar-refractivity contribution is 6.30. The number of nitrogens with zero attached hydrogens (tertiary/aromatic N) is 2. The monoisotopic (exact) mass is 338 g/mol. The Morgan fingerprint density at radius 3 is 2.30 bits per heavy atom. The average Bonchev–Trinajstić information content (AvgIpc) is 2.42. The Morgan fingerprint density at radius 1 is 1.30 bits per heavy atom. The highest BCUT2D eigenvalue weighted by Crippen LogP contribution is 2.22. The van der Waals surface area contributed by atoms with Crippen LogP contribution < -0.4 is 11.1 Å². The zero-order chi connectivity index (χ0) is 17.2. The summed E-state index contributed by atoms with van der Waals surface area (Å²) in [5, 5.41) is 8.04. The van der Waals surface area contributed by atoms with Gasteiger partial charge in [-0.1, -0.05) is 11.6 Å². The molecule has 0 unspecified atom stereocenters. The Hall–Kier alpha value is -1.14. The number of benzene rings is 1. The van der Waals surface area contributed by atoms with Gasteiger partial charge in [-0.2, -0.15) is 0 Å². The van der Waals surface area contributed by atoms with Crippen molar-refractivity contribution in [3.8, 4) is 0 Å². The number of hydrazine groups is 1. The maximum atomic E-state index is 12.4. The molecule has 0 aliphatic carbocycles. The fourth-order valence-corrected chi connectivity index (χ4v) is 3.45. The van der Waals surface area contributed by atoms with Crippen LogP contribution in [0.1, 0.15) is 29.5 Å². The minimum absolute atomic E-state index is 0.0284. The molecule has 0 bridgehead atoms. The van der Waals surface area contributed by atoms with Gasteiger partial charge >= 0.3 is 0 Å². The molecule has 3 N–H and O–H groups in total. The van der Waals surface area contributed by atoms with Gasteiger partial charge in [-0.25, -0.2) is 10.0 Å². The minimum atomic E-state index is -0.613. The number of nitrogens with two attached hydrogens (primary N) is 1. The third-order valence-corrected chi connectivity index (χ3v) is 4.80. The molecule has 1 aromatic rings. The van der Waals surface area contributed by atoms with Crippen molar-refractivity contribution in [2.75, 3.05) is 27.2 Å². The molecule has 1 saturated heterocycles. The second-order valence-electron chi connectivity index (χ2n) is 6.70. The fraction of sp³-hybridized carbons (Fsp3) is 0.588. The Balaban J connectivity index is 1.98. The second kappa shape index (κ2) is 7.18.